The van der Waals surface area contributed by atoms with Crippen LogP contribution in [0.15, 0.2) is 72.9 Å². The molecule has 0 aliphatic rings. The molecule has 0 saturated carbocycles. The van der Waals surface area contributed by atoms with Crippen LogP contribution in [0.2, 0.25) is 0 Å². The van der Waals surface area contributed by atoms with Gasteiger partial charge in [-0.2, -0.15) is 0 Å². The van der Waals surface area contributed by atoms with Crippen molar-refractivity contribution in [1.82, 2.24) is 0 Å². The summed E-state index contributed by atoms with van der Waals surface area (Å²) in [5.41, 5.74) is 0. The molecule has 0 saturated heterocycles. The van der Waals surface area contributed by atoms with Crippen LogP contribution in [-0.4, -0.2) is 22.3 Å². The molecule has 0 rings (SSSR count). The van der Waals surface area contributed by atoms with Gasteiger partial charge in [0.1, 0.15) is 0 Å². The molecule has 0 bridgehead atoms. The molecule has 0 aromatic rings. The summed E-state index contributed by atoms with van der Waals surface area (Å²) in [5, 5.41) is 18.0. The van der Waals surface area contributed by atoms with Gasteiger partial charge in [0.15, 0.2) is 0 Å². The van der Waals surface area contributed by atoms with E-state index >= 15 is 0 Å². The minimum absolute atomic E-state index is 0.0167. The van der Waals surface area contributed by atoms with Gasteiger partial charge in [-0.1, -0.05) is 79.8 Å². The molecular weight excluding hydrogens is 312 g/mol. The Labute approximate surface area is 152 Å². The van der Waals surface area contributed by atoms with Crippen molar-refractivity contribution in [3.8, 4) is 0 Å². The Bertz CT molecular complexity index is 493. The third-order valence-corrected chi connectivity index (χ3v) is 3.23. The SMILES string of the molecule is CC/C=C\C/C=C\C/C=C\C/C=C\C/C=C\C=C\[C@H](O)CCC(=O)O. The maximum absolute atomic E-state index is 10.4. The highest BCUT2D eigenvalue weighted by atomic mass is 16.4. The highest BCUT2D eigenvalue weighted by molar-refractivity contribution is 5.66. The lowest BCUT2D eigenvalue weighted by Crippen LogP contribution is -2.05. The second-order valence-corrected chi connectivity index (χ2v) is 5.55. The Balaban J connectivity index is 3.66. The van der Waals surface area contributed by atoms with E-state index in [-0.39, 0.29) is 12.8 Å². The molecule has 25 heavy (non-hydrogen) atoms. The molecule has 0 heterocycles. The van der Waals surface area contributed by atoms with Gasteiger partial charge < -0.3 is 10.2 Å². The molecule has 3 nitrogen and oxygen atoms in total. The summed E-state index contributed by atoms with van der Waals surface area (Å²) in [6.45, 7) is 2.14. The number of rotatable bonds is 14. The molecule has 2 N–H and O–H groups in total. The Morgan fingerprint density at radius 1 is 0.800 bits per heavy atom. The molecule has 1 atom stereocenters. The molecule has 3 heteroatoms. The van der Waals surface area contributed by atoms with Crippen LogP contribution >= 0.6 is 0 Å². The van der Waals surface area contributed by atoms with Crippen molar-refractivity contribution >= 4 is 5.97 Å². The maximum atomic E-state index is 10.4. The lowest BCUT2D eigenvalue weighted by molar-refractivity contribution is -0.137. The van der Waals surface area contributed by atoms with Gasteiger partial charge in [-0.3, -0.25) is 4.79 Å². The molecule has 0 spiro atoms. The quantitative estimate of drug-likeness (QED) is 0.322. The first kappa shape index (κ1) is 22.9. The number of aliphatic carboxylic acids is 1. The summed E-state index contributed by atoms with van der Waals surface area (Å²) in [5.74, 6) is -0.887. The van der Waals surface area contributed by atoms with Crippen LogP contribution in [0.25, 0.3) is 0 Å². The predicted molar refractivity (Wildman–Crippen MR) is 106 cm³/mol. The first-order valence-electron chi connectivity index (χ1n) is 9.00. The van der Waals surface area contributed by atoms with Crippen molar-refractivity contribution in [2.75, 3.05) is 0 Å². The molecule has 0 aromatic heterocycles. The van der Waals surface area contributed by atoms with Crippen LogP contribution in [-0.2, 0) is 4.79 Å². The van der Waals surface area contributed by atoms with E-state index in [1.54, 1.807) is 12.2 Å². The second kappa shape index (κ2) is 18.2. The second-order valence-electron chi connectivity index (χ2n) is 5.55. The zero-order valence-corrected chi connectivity index (χ0v) is 15.3. The van der Waals surface area contributed by atoms with Gasteiger partial charge in [0, 0.05) is 6.42 Å². The summed E-state index contributed by atoms with van der Waals surface area (Å²) in [4.78, 5) is 10.4. The minimum Gasteiger partial charge on any atom is -0.481 e. The fourth-order valence-corrected chi connectivity index (χ4v) is 1.87. The lowest BCUT2D eigenvalue weighted by atomic mass is 10.2. The standard InChI is InChI=1S/C22H32O3/c1-2-3-4-5-6-7-8-9-10-11-12-13-14-15-16-17-18-21(23)19-20-22(24)25/h3-4,6-7,9-10,12-13,15-18,21,23H,2,5,8,11,14,19-20H2,1H3,(H,24,25)/b4-3-,7-6-,10-9-,13-12-,16-15-,18-17+/t21-/m0/s1. The van der Waals surface area contributed by atoms with Gasteiger partial charge in [0.05, 0.1) is 6.10 Å². The highest BCUT2D eigenvalue weighted by Crippen LogP contribution is 1.99. The molecule has 0 aromatic carbocycles. The summed E-state index contributed by atoms with van der Waals surface area (Å²) in [6, 6.07) is 0. The van der Waals surface area contributed by atoms with Crippen LogP contribution < -0.4 is 0 Å². The average molecular weight is 344 g/mol. The van der Waals surface area contributed by atoms with Gasteiger partial charge in [0.2, 0.25) is 0 Å². The van der Waals surface area contributed by atoms with Crippen molar-refractivity contribution in [1.29, 1.82) is 0 Å². The number of aliphatic hydroxyl groups excluding tert-OH is 1. The van der Waals surface area contributed by atoms with Crippen molar-refractivity contribution in [3.05, 3.63) is 72.9 Å². The van der Waals surface area contributed by atoms with E-state index in [1.807, 2.05) is 12.2 Å². The van der Waals surface area contributed by atoms with Gasteiger partial charge in [-0.05, 0) is 38.5 Å². The number of hydrogen-bond donors (Lipinski definition) is 2. The Hall–Kier alpha value is -2.13. The van der Waals surface area contributed by atoms with Crippen molar-refractivity contribution in [2.45, 2.75) is 58.0 Å². The van der Waals surface area contributed by atoms with E-state index < -0.39 is 12.1 Å². The minimum atomic E-state index is -0.887. The monoisotopic (exact) mass is 344 g/mol. The van der Waals surface area contributed by atoms with Crippen LogP contribution in [0, 0.1) is 0 Å². The van der Waals surface area contributed by atoms with E-state index in [9.17, 15) is 9.90 Å². The van der Waals surface area contributed by atoms with E-state index in [0.717, 1.165) is 32.1 Å². The topological polar surface area (TPSA) is 57.5 Å². The number of aliphatic hydroxyl groups is 1. The summed E-state index contributed by atoms with van der Waals surface area (Å²) in [7, 11) is 0. The van der Waals surface area contributed by atoms with Gasteiger partial charge >= 0.3 is 5.97 Å². The van der Waals surface area contributed by atoms with E-state index in [2.05, 4.69) is 55.5 Å². The maximum Gasteiger partial charge on any atom is 0.303 e. The summed E-state index contributed by atoms with van der Waals surface area (Å²) in [6.07, 6.45) is 28.9. The van der Waals surface area contributed by atoms with Gasteiger partial charge in [-0.15, -0.1) is 0 Å². The summed E-state index contributed by atoms with van der Waals surface area (Å²) < 4.78 is 0. The van der Waals surface area contributed by atoms with E-state index in [1.165, 1.54) is 0 Å². The van der Waals surface area contributed by atoms with Crippen LogP contribution in [0.5, 0.6) is 0 Å². The fraction of sp³-hybridized carbons (Fsp3) is 0.409. The molecule has 0 amide bonds. The molecule has 0 radical (unpaired) electrons. The van der Waals surface area contributed by atoms with E-state index in [0.29, 0.717) is 0 Å². The first-order chi connectivity index (χ1) is 12.2. The van der Waals surface area contributed by atoms with Gasteiger partial charge in [-0.25, -0.2) is 0 Å². The number of carboxylic acids is 1. The highest BCUT2D eigenvalue weighted by Gasteiger charge is 2.02. The zero-order chi connectivity index (χ0) is 18.6. The molecule has 0 aliphatic heterocycles. The van der Waals surface area contributed by atoms with Crippen molar-refractivity contribution in [2.24, 2.45) is 0 Å². The fourth-order valence-electron chi connectivity index (χ4n) is 1.87. The number of carbonyl (C=O) groups is 1. The number of allylic oxidation sites excluding steroid dienone is 11. The lowest BCUT2D eigenvalue weighted by Gasteiger charge is -2.00. The third kappa shape index (κ3) is 19.8. The van der Waals surface area contributed by atoms with Crippen LogP contribution in [0.3, 0.4) is 0 Å². The Kier molecular flexibility index (Phi) is 16.7. The predicted octanol–water partition coefficient (Wildman–Crippen LogP) is 5.52. The molecule has 0 fully saturated rings. The molecule has 0 unspecified atom stereocenters. The largest absolute Gasteiger partial charge is 0.481 e. The molecule has 138 valence electrons. The third-order valence-electron chi connectivity index (χ3n) is 3.23. The smallest absolute Gasteiger partial charge is 0.303 e. The zero-order valence-electron chi connectivity index (χ0n) is 15.3. The number of carboxylic acid groups (broad SMARTS) is 1. The Morgan fingerprint density at radius 3 is 1.76 bits per heavy atom. The van der Waals surface area contributed by atoms with Gasteiger partial charge in [0.25, 0.3) is 0 Å². The average Bonchev–Trinajstić information content (AvgIpc) is 2.59. The van der Waals surface area contributed by atoms with E-state index in [4.69, 9.17) is 5.11 Å². The van der Waals surface area contributed by atoms with Crippen molar-refractivity contribution < 1.29 is 15.0 Å². The molecular formula is C22H32O3. The number of hydrogen-bond acceptors (Lipinski definition) is 2. The summed E-state index contributed by atoms with van der Waals surface area (Å²) >= 11 is 0. The van der Waals surface area contributed by atoms with Crippen LogP contribution in [0.4, 0.5) is 0 Å². The Morgan fingerprint density at radius 2 is 1.28 bits per heavy atom. The van der Waals surface area contributed by atoms with Crippen molar-refractivity contribution in [3.63, 3.8) is 0 Å². The molecule has 0 aliphatic carbocycles. The van der Waals surface area contributed by atoms with Crippen LogP contribution in [0.1, 0.15) is 51.9 Å². The normalized spacial score (nSPS) is 14.3. The first-order valence-corrected chi connectivity index (χ1v) is 9.00.